The van der Waals surface area contributed by atoms with Gasteiger partial charge in [0.25, 0.3) is 5.91 Å². The molecule has 2 aliphatic carbocycles. The molecule has 3 unspecified atom stereocenters. The number of primary amides is 1. The second-order valence-electron chi connectivity index (χ2n) is 14.0. The lowest BCUT2D eigenvalue weighted by atomic mass is 9.80. The highest BCUT2D eigenvalue weighted by Gasteiger charge is 2.46. The zero-order chi connectivity index (χ0) is 34.1. The van der Waals surface area contributed by atoms with Gasteiger partial charge in [0.2, 0.25) is 17.6 Å². The average Bonchev–Trinajstić information content (AvgIpc) is 3.48. The lowest BCUT2D eigenvalue weighted by molar-refractivity contribution is -0.151. The number of carbonyl (C=O) groups is 6. The Hall–Kier alpha value is -3.70. The molecule has 3 atom stereocenters. The Morgan fingerprint density at radius 1 is 0.957 bits per heavy atom. The van der Waals surface area contributed by atoms with Crippen LogP contribution >= 0.6 is 0 Å². The number of allylic oxidation sites excluding steroid dienone is 2. The standard InChI is InChI=1S/C34H53N5O7/c1-6-13-22(7-2)21-46-31(44)34(17-9-8-10-18-34)38-32(45)37-27(33(3,4)5)30(43)39-19-12-16-25(39)29(42)36-24(26(40)28(35)41)20-23-14-11-15-23/h6-7,13,23-25,27H,8-12,14-21H2,1-5H3,(H2,35,41)(H,36,42)(H2,37,38,45)/b13-6-,22-7+. The number of esters is 1. The van der Waals surface area contributed by atoms with E-state index in [1.165, 1.54) is 4.90 Å². The maximum absolute atomic E-state index is 14.0. The van der Waals surface area contributed by atoms with Gasteiger partial charge in [-0.2, -0.15) is 0 Å². The number of Topliss-reactive ketones (excluding diaryl/α,β-unsaturated/α-hetero) is 1. The summed E-state index contributed by atoms with van der Waals surface area (Å²) in [6.45, 7) is 9.54. The maximum atomic E-state index is 14.0. The molecule has 2 saturated carbocycles. The van der Waals surface area contributed by atoms with Crippen molar-refractivity contribution >= 4 is 35.5 Å². The SMILES string of the molecule is C/C=C\C(=C/C)COC(=O)C1(NC(=O)NC(C(=O)N2CCCC2C(=O)NC(CC2CCC2)C(=O)C(N)=O)C(C)(C)C)CCCCC1. The van der Waals surface area contributed by atoms with Crippen molar-refractivity contribution in [3.63, 3.8) is 0 Å². The number of ether oxygens (including phenoxy) is 1. The van der Waals surface area contributed by atoms with Gasteiger partial charge < -0.3 is 31.3 Å². The number of nitrogens with two attached hydrogens (primary N) is 1. The number of nitrogens with zero attached hydrogens (tertiary/aromatic N) is 1. The molecule has 5 amide bonds. The van der Waals surface area contributed by atoms with E-state index in [2.05, 4.69) is 16.0 Å². The van der Waals surface area contributed by atoms with Gasteiger partial charge in [-0.05, 0) is 62.9 Å². The minimum Gasteiger partial charge on any atom is -0.459 e. The first-order valence-corrected chi connectivity index (χ1v) is 16.7. The number of hydrogen-bond donors (Lipinski definition) is 4. The van der Waals surface area contributed by atoms with Crippen LogP contribution in [0.2, 0.25) is 0 Å². The minimum atomic E-state index is -1.22. The summed E-state index contributed by atoms with van der Waals surface area (Å²) in [4.78, 5) is 80.1. The van der Waals surface area contributed by atoms with Crippen molar-refractivity contribution in [2.45, 2.75) is 129 Å². The van der Waals surface area contributed by atoms with Gasteiger partial charge >= 0.3 is 12.0 Å². The van der Waals surface area contributed by atoms with Gasteiger partial charge in [-0.15, -0.1) is 0 Å². The molecule has 256 valence electrons. The van der Waals surface area contributed by atoms with E-state index in [9.17, 15) is 28.8 Å². The molecule has 46 heavy (non-hydrogen) atoms. The second-order valence-corrected chi connectivity index (χ2v) is 14.0. The Balaban J connectivity index is 1.73. The molecule has 12 heteroatoms. The van der Waals surface area contributed by atoms with Gasteiger partial charge in [0.05, 0.1) is 6.04 Å². The molecule has 0 aromatic rings. The quantitative estimate of drug-likeness (QED) is 0.135. The zero-order valence-electron chi connectivity index (χ0n) is 28.1. The lowest BCUT2D eigenvalue weighted by Crippen LogP contribution is -2.64. The third-order valence-corrected chi connectivity index (χ3v) is 9.47. The van der Waals surface area contributed by atoms with Crippen LogP contribution in [0.4, 0.5) is 4.79 Å². The van der Waals surface area contributed by atoms with Crippen LogP contribution in [0.3, 0.4) is 0 Å². The number of hydrogen-bond acceptors (Lipinski definition) is 7. The molecule has 0 aromatic heterocycles. The predicted molar refractivity (Wildman–Crippen MR) is 173 cm³/mol. The number of amides is 5. The van der Waals surface area contributed by atoms with Crippen LogP contribution < -0.4 is 21.7 Å². The Morgan fingerprint density at radius 3 is 2.17 bits per heavy atom. The largest absolute Gasteiger partial charge is 0.459 e. The van der Waals surface area contributed by atoms with E-state index < -0.39 is 64.6 Å². The number of rotatable bonds is 13. The highest BCUT2D eigenvalue weighted by molar-refractivity contribution is 6.37. The summed E-state index contributed by atoms with van der Waals surface area (Å²) in [5.74, 6) is -3.20. The lowest BCUT2D eigenvalue weighted by Gasteiger charge is -2.38. The van der Waals surface area contributed by atoms with Gasteiger partial charge in [-0.3, -0.25) is 19.2 Å². The van der Waals surface area contributed by atoms with Crippen LogP contribution in [0.5, 0.6) is 0 Å². The van der Waals surface area contributed by atoms with Gasteiger partial charge in [0.15, 0.2) is 0 Å². The maximum Gasteiger partial charge on any atom is 0.332 e. The molecule has 1 aliphatic heterocycles. The fourth-order valence-corrected chi connectivity index (χ4v) is 6.50. The second kappa shape index (κ2) is 16.2. The smallest absolute Gasteiger partial charge is 0.332 e. The third-order valence-electron chi connectivity index (χ3n) is 9.47. The van der Waals surface area contributed by atoms with Gasteiger partial charge in [0.1, 0.15) is 24.2 Å². The summed E-state index contributed by atoms with van der Waals surface area (Å²) in [7, 11) is 0. The Bertz CT molecular complexity index is 1210. The van der Waals surface area contributed by atoms with E-state index in [0.717, 1.165) is 44.1 Å². The fraction of sp³-hybridized carbons (Fsp3) is 0.706. The number of ketones is 1. The van der Waals surface area contributed by atoms with Gasteiger partial charge in [-0.1, -0.05) is 77.5 Å². The normalized spacial score (nSPS) is 21.5. The van der Waals surface area contributed by atoms with E-state index in [-0.39, 0.29) is 12.5 Å². The Morgan fingerprint density at radius 2 is 1.63 bits per heavy atom. The van der Waals surface area contributed by atoms with Gasteiger partial charge in [0, 0.05) is 6.54 Å². The first-order chi connectivity index (χ1) is 21.7. The summed E-state index contributed by atoms with van der Waals surface area (Å²) >= 11 is 0. The molecular weight excluding hydrogens is 590 g/mol. The number of urea groups is 1. The number of likely N-dealkylation sites (tertiary alicyclic amines) is 1. The van der Waals surface area contributed by atoms with E-state index in [1.54, 1.807) is 0 Å². The molecular formula is C34H53N5O7. The Labute approximate surface area is 272 Å². The first kappa shape index (κ1) is 36.8. The molecule has 3 fully saturated rings. The molecule has 5 N–H and O–H groups in total. The highest BCUT2D eigenvalue weighted by atomic mass is 16.5. The van der Waals surface area contributed by atoms with Gasteiger partial charge in [-0.25, -0.2) is 9.59 Å². The Kier molecular flexibility index (Phi) is 13.0. The summed E-state index contributed by atoms with van der Waals surface area (Å²) < 4.78 is 5.66. The van der Waals surface area contributed by atoms with Crippen LogP contribution in [0.1, 0.15) is 105 Å². The third kappa shape index (κ3) is 9.42. The molecule has 0 radical (unpaired) electrons. The molecule has 0 aromatic carbocycles. The summed E-state index contributed by atoms with van der Waals surface area (Å²) in [6, 6.07) is -3.60. The number of nitrogens with one attached hydrogen (secondary N) is 3. The average molecular weight is 644 g/mol. The van der Waals surface area contributed by atoms with Crippen molar-refractivity contribution in [2.24, 2.45) is 17.1 Å². The molecule has 0 bridgehead atoms. The molecule has 3 aliphatic rings. The van der Waals surface area contributed by atoms with Crippen LogP contribution in [-0.4, -0.2) is 77.2 Å². The zero-order valence-corrected chi connectivity index (χ0v) is 28.1. The van der Waals surface area contributed by atoms with Crippen molar-refractivity contribution < 1.29 is 33.5 Å². The predicted octanol–water partition coefficient (Wildman–Crippen LogP) is 3.19. The van der Waals surface area contributed by atoms with Crippen molar-refractivity contribution in [1.82, 2.24) is 20.9 Å². The molecule has 1 heterocycles. The highest BCUT2D eigenvalue weighted by Crippen LogP contribution is 2.32. The van der Waals surface area contributed by atoms with Crippen LogP contribution in [0.15, 0.2) is 23.8 Å². The van der Waals surface area contributed by atoms with E-state index >= 15 is 0 Å². The van der Waals surface area contributed by atoms with E-state index in [4.69, 9.17) is 10.5 Å². The molecule has 12 nitrogen and oxygen atoms in total. The summed E-state index contributed by atoms with van der Waals surface area (Å²) in [5.41, 5.74) is 4.13. The topological polar surface area (TPSA) is 177 Å². The molecule has 3 rings (SSSR count). The van der Waals surface area contributed by atoms with E-state index in [1.807, 2.05) is 52.8 Å². The van der Waals surface area contributed by atoms with Crippen LogP contribution in [0.25, 0.3) is 0 Å². The summed E-state index contributed by atoms with van der Waals surface area (Å²) in [5, 5.41) is 8.39. The van der Waals surface area contributed by atoms with Crippen LogP contribution in [-0.2, 0) is 28.7 Å². The van der Waals surface area contributed by atoms with Crippen LogP contribution in [0, 0.1) is 11.3 Å². The van der Waals surface area contributed by atoms with Crippen molar-refractivity contribution in [3.8, 4) is 0 Å². The monoisotopic (exact) mass is 643 g/mol. The molecule has 0 spiro atoms. The fourth-order valence-electron chi connectivity index (χ4n) is 6.50. The molecule has 1 saturated heterocycles. The first-order valence-electron chi connectivity index (χ1n) is 16.7. The van der Waals surface area contributed by atoms with E-state index in [0.29, 0.717) is 38.6 Å². The van der Waals surface area contributed by atoms with Crippen molar-refractivity contribution in [3.05, 3.63) is 23.8 Å². The summed E-state index contributed by atoms with van der Waals surface area (Å²) in [6.07, 6.45) is 13.0. The van der Waals surface area contributed by atoms with Crippen molar-refractivity contribution in [1.29, 1.82) is 0 Å². The van der Waals surface area contributed by atoms with Crippen molar-refractivity contribution in [2.75, 3.05) is 13.2 Å². The number of carbonyl (C=O) groups excluding carboxylic acids is 6. The minimum absolute atomic E-state index is 0.0821.